The Morgan fingerprint density at radius 3 is 2.62 bits per heavy atom. The molecule has 2 heterocycles. The second-order valence-corrected chi connectivity index (χ2v) is 5.17. The largest absolute Gasteiger partial charge is 0.497 e. The maximum atomic E-state index is 12.3. The van der Waals surface area contributed by atoms with Crippen molar-refractivity contribution in [1.29, 1.82) is 0 Å². The molecule has 1 atom stereocenters. The van der Waals surface area contributed by atoms with Crippen LogP contribution in [0.5, 0.6) is 5.75 Å². The van der Waals surface area contributed by atoms with Crippen LogP contribution in [0.2, 0.25) is 0 Å². The van der Waals surface area contributed by atoms with Gasteiger partial charge in [-0.2, -0.15) is 4.98 Å². The first-order valence-electron chi connectivity index (χ1n) is 6.96. The van der Waals surface area contributed by atoms with E-state index in [1.54, 1.807) is 24.3 Å². The summed E-state index contributed by atoms with van der Waals surface area (Å²) in [6.07, 6.45) is 1.44. The van der Waals surface area contributed by atoms with Gasteiger partial charge in [-0.15, -0.1) is 0 Å². The summed E-state index contributed by atoms with van der Waals surface area (Å²) in [5.41, 5.74) is 5.84. The van der Waals surface area contributed by atoms with E-state index in [1.807, 2.05) is 0 Å². The SMILES string of the molecule is COc1ccc(C2C=C(C(=O)O)Nc3c2c(=O)nc(N)n3N)cc1. The molecule has 0 amide bonds. The molecule has 1 aliphatic rings. The summed E-state index contributed by atoms with van der Waals surface area (Å²) >= 11 is 0. The Labute approximate surface area is 136 Å². The lowest BCUT2D eigenvalue weighted by Gasteiger charge is -2.25. The number of carbonyl (C=O) groups is 1. The van der Waals surface area contributed by atoms with Crippen molar-refractivity contribution in [3.63, 3.8) is 0 Å². The molecule has 0 bridgehead atoms. The fourth-order valence-corrected chi connectivity index (χ4v) is 2.59. The number of rotatable bonds is 3. The van der Waals surface area contributed by atoms with E-state index in [0.717, 1.165) is 4.68 Å². The molecule has 3 rings (SSSR count). The molecule has 1 unspecified atom stereocenters. The number of allylic oxidation sites excluding steroid dienone is 1. The number of nitrogens with two attached hydrogens (primary N) is 2. The van der Waals surface area contributed by atoms with Crippen LogP contribution in [-0.2, 0) is 4.79 Å². The van der Waals surface area contributed by atoms with Crippen LogP contribution in [0.25, 0.3) is 0 Å². The molecule has 1 aliphatic heterocycles. The van der Waals surface area contributed by atoms with Crippen LogP contribution in [0.15, 0.2) is 40.8 Å². The summed E-state index contributed by atoms with van der Waals surface area (Å²) in [5.74, 6) is 4.53. The molecule has 0 saturated heterocycles. The topological polar surface area (TPSA) is 145 Å². The molecular formula is C15H15N5O4. The van der Waals surface area contributed by atoms with E-state index < -0.39 is 17.4 Å². The van der Waals surface area contributed by atoms with Crippen molar-refractivity contribution in [3.8, 4) is 5.75 Å². The number of aliphatic carboxylic acids is 1. The zero-order chi connectivity index (χ0) is 17.4. The standard InChI is InChI=1S/C15H15N5O4/c1-24-8-4-2-7(3-5-8)9-6-10(14(22)23)18-12-11(9)13(21)19-15(16)20(12)17/h2-6,9,18H,17H2,1H3,(H,22,23)(H2,16,19,21). The molecule has 9 heteroatoms. The molecule has 2 aromatic rings. The number of fused-ring (bicyclic) bond motifs is 1. The van der Waals surface area contributed by atoms with E-state index >= 15 is 0 Å². The third-order valence-electron chi connectivity index (χ3n) is 3.79. The van der Waals surface area contributed by atoms with Crippen LogP contribution in [0.4, 0.5) is 11.8 Å². The summed E-state index contributed by atoms with van der Waals surface area (Å²) in [6.45, 7) is 0. The minimum absolute atomic E-state index is 0.104. The number of carboxylic acid groups (broad SMARTS) is 1. The van der Waals surface area contributed by atoms with Crippen molar-refractivity contribution in [2.75, 3.05) is 24.0 Å². The number of nitrogen functional groups attached to an aromatic ring is 2. The van der Waals surface area contributed by atoms with Gasteiger partial charge in [0.1, 0.15) is 17.3 Å². The van der Waals surface area contributed by atoms with E-state index in [9.17, 15) is 14.7 Å². The Bertz CT molecular complexity index is 901. The third-order valence-corrected chi connectivity index (χ3v) is 3.79. The Hall–Kier alpha value is -3.49. The van der Waals surface area contributed by atoms with E-state index in [2.05, 4.69) is 10.3 Å². The molecule has 0 fully saturated rings. The number of hydrogen-bond acceptors (Lipinski definition) is 7. The highest BCUT2D eigenvalue weighted by Crippen LogP contribution is 2.35. The fraction of sp³-hybridized carbons (Fsp3) is 0.133. The van der Waals surface area contributed by atoms with Gasteiger partial charge in [-0.25, -0.2) is 9.47 Å². The zero-order valence-corrected chi connectivity index (χ0v) is 12.7. The van der Waals surface area contributed by atoms with Crippen LogP contribution in [0, 0.1) is 0 Å². The van der Waals surface area contributed by atoms with Crippen LogP contribution in [0.3, 0.4) is 0 Å². The molecule has 24 heavy (non-hydrogen) atoms. The summed E-state index contributed by atoms with van der Waals surface area (Å²) in [4.78, 5) is 27.4. The van der Waals surface area contributed by atoms with Gasteiger partial charge < -0.3 is 26.7 Å². The maximum Gasteiger partial charge on any atom is 0.352 e. The van der Waals surface area contributed by atoms with Gasteiger partial charge in [-0.1, -0.05) is 12.1 Å². The van der Waals surface area contributed by atoms with Gasteiger partial charge in [0.25, 0.3) is 5.56 Å². The monoisotopic (exact) mass is 329 g/mol. The summed E-state index contributed by atoms with van der Waals surface area (Å²) in [7, 11) is 1.54. The second kappa shape index (κ2) is 5.61. The van der Waals surface area contributed by atoms with Crippen LogP contribution in [-0.4, -0.2) is 27.8 Å². The predicted molar refractivity (Wildman–Crippen MR) is 87.2 cm³/mol. The first-order chi connectivity index (χ1) is 11.4. The number of benzene rings is 1. The number of nitrogens with one attached hydrogen (secondary N) is 1. The first kappa shape index (κ1) is 15.4. The van der Waals surface area contributed by atoms with Crippen molar-refractivity contribution >= 4 is 17.7 Å². The molecule has 1 aromatic carbocycles. The van der Waals surface area contributed by atoms with Crippen molar-refractivity contribution in [3.05, 3.63) is 57.5 Å². The van der Waals surface area contributed by atoms with E-state index in [0.29, 0.717) is 11.3 Å². The van der Waals surface area contributed by atoms with Crippen molar-refractivity contribution < 1.29 is 14.6 Å². The summed E-state index contributed by atoms with van der Waals surface area (Å²) in [5, 5.41) is 11.9. The molecule has 124 valence electrons. The average molecular weight is 329 g/mol. The van der Waals surface area contributed by atoms with Gasteiger partial charge in [0.2, 0.25) is 5.95 Å². The number of carboxylic acids is 1. The Balaban J connectivity index is 2.23. The minimum Gasteiger partial charge on any atom is -0.497 e. The summed E-state index contributed by atoms with van der Waals surface area (Å²) < 4.78 is 6.07. The highest BCUT2D eigenvalue weighted by molar-refractivity contribution is 5.91. The molecule has 9 nitrogen and oxygen atoms in total. The third kappa shape index (κ3) is 2.41. The van der Waals surface area contributed by atoms with Gasteiger partial charge in [0.15, 0.2) is 0 Å². The van der Waals surface area contributed by atoms with Crippen molar-refractivity contribution in [2.24, 2.45) is 0 Å². The molecule has 0 saturated carbocycles. The number of ether oxygens (including phenoxy) is 1. The fourth-order valence-electron chi connectivity index (χ4n) is 2.59. The predicted octanol–water partition coefficient (Wildman–Crippen LogP) is 0.0738. The molecule has 0 aliphatic carbocycles. The first-order valence-corrected chi connectivity index (χ1v) is 6.96. The lowest BCUT2D eigenvalue weighted by Crippen LogP contribution is -2.33. The van der Waals surface area contributed by atoms with Crippen LogP contribution < -0.4 is 27.2 Å². The van der Waals surface area contributed by atoms with E-state index in [1.165, 1.54) is 13.2 Å². The quantitative estimate of drug-likeness (QED) is 0.579. The van der Waals surface area contributed by atoms with Crippen molar-refractivity contribution in [2.45, 2.75) is 5.92 Å². The Morgan fingerprint density at radius 2 is 2.04 bits per heavy atom. The second-order valence-electron chi connectivity index (χ2n) is 5.17. The number of anilines is 2. The van der Waals surface area contributed by atoms with Gasteiger partial charge in [0, 0.05) is 5.92 Å². The van der Waals surface area contributed by atoms with Gasteiger partial charge in [0.05, 0.1) is 12.7 Å². The van der Waals surface area contributed by atoms with Crippen LogP contribution in [0.1, 0.15) is 17.0 Å². The highest BCUT2D eigenvalue weighted by Gasteiger charge is 2.30. The molecule has 1 aromatic heterocycles. The Morgan fingerprint density at radius 1 is 1.38 bits per heavy atom. The lowest BCUT2D eigenvalue weighted by molar-refractivity contribution is -0.132. The maximum absolute atomic E-state index is 12.3. The lowest BCUT2D eigenvalue weighted by atomic mass is 9.89. The minimum atomic E-state index is -1.18. The number of hydrogen-bond donors (Lipinski definition) is 4. The summed E-state index contributed by atoms with van der Waals surface area (Å²) in [6, 6.07) is 6.92. The number of methoxy groups -OCH3 is 1. The molecule has 6 N–H and O–H groups in total. The molecule has 0 radical (unpaired) electrons. The molecule has 0 spiro atoms. The average Bonchev–Trinajstić information content (AvgIpc) is 2.58. The van der Waals surface area contributed by atoms with Gasteiger partial charge >= 0.3 is 5.97 Å². The smallest absolute Gasteiger partial charge is 0.352 e. The van der Waals surface area contributed by atoms with Gasteiger partial charge in [-0.05, 0) is 23.8 Å². The normalized spacial score (nSPS) is 15.9. The highest BCUT2D eigenvalue weighted by atomic mass is 16.5. The van der Waals surface area contributed by atoms with E-state index in [-0.39, 0.29) is 23.0 Å². The Kier molecular flexibility index (Phi) is 3.60. The zero-order valence-electron chi connectivity index (χ0n) is 12.7. The van der Waals surface area contributed by atoms with Gasteiger partial charge in [-0.3, -0.25) is 4.79 Å². The number of aromatic nitrogens is 2. The number of nitrogens with zero attached hydrogens (tertiary/aromatic N) is 2. The van der Waals surface area contributed by atoms with Crippen LogP contribution >= 0.6 is 0 Å². The van der Waals surface area contributed by atoms with Crippen molar-refractivity contribution in [1.82, 2.24) is 9.66 Å². The molecular weight excluding hydrogens is 314 g/mol. The van der Waals surface area contributed by atoms with E-state index in [4.69, 9.17) is 16.3 Å².